The Morgan fingerprint density at radius 1 is 1.19 bits per heavy atom. The molecule has 0 aromatic heterocycles. The van der Waals surface area contributed by atoms with Gasteiger partial charge in [0.2, 0.25) is 5.91 Å². The number of nitrogens with zero attached hydrogens (tertiary/aromatic N) is 1. The fraction of sp³-hybridized carbons (Fsp3) is 0.364. The van der Waals surface area contributed by atoms with Gasteiger partial charge in [-0.25, -0.2) is 4.79 Å². The predicted octanol–water partition coefficient (Wildman–Crippen LogP) is 2.88. The highest BCUT2D eigenvalue weighted by Gasteiger charge is 2.62. The molecule has 5 nitrogen and oxygen atoms in total. The first kappa shape index (κ1) is 17.6. The number of carboxylic acid groups (broad SMARTS) is 1. The van der Waals surface area contributed by atoms with E-state index in [2.05, 4.69) is 0 Å². The first-order valence-corrected chi connectivity index (χ1v) is 9.28. The van der Waals surface area contributed by atoms with Gasteiger partial charge >= 0.3 is 5.97 Å². The third-order valence-corrected chi connectivity index (χ3v) is 5.97. The number of aliphatic carboxylic acids is 1. The number of benzene rings is 2. The number of carbonyl (C=O) groups is 2. The van der Waals surface area contributed by atoms with Crippen molar-refractivity contribution in [1.82, 2.24) is 4.90 Å². The fourth-order valence-electron chi connectivity index (χ4n) is 4.31. The van der Waals surface area contributed by atoms with Crippen LogP contribution in [0.2, 0.25) is 0 Å². The van der Waals surface area contributed by atoms with Crippen LogP contribution in [0.3, 0.4) is 0 Å². The maximum Gasteiger partial charge on any atom is 0.326 e. The zero-order valence-corrected chi connectivity index (χ0v) is 15.3. The molecule has 1 amide bonds. The topological polar surface area (TPSA) is 66.8 Å². The highest BCUT2D eigenvalue weighted by Crippen LogP contribution is 2.61. The molecule has 2 aliphatic rings. The van der Waals surface area contributed by atoms with E-state index in [9.17, 15) is 14.7 Å². The lowest BCUT2D eigenvalue weighted by Gasteiger charge is -2.29. The van der Waals surface area contributed by atoms with Crippen molar-refractivity contribution in [1.29, 1.82) is 0 Å². The second-order valence-corrected chi connectivity index (χ2v) is 7.50. The quantitative estimate of drug-likeness (QED) is 0.885. The Kier molecular flexibility index (Phi) is 4.38. The first-order valence-electron chi connectivity index (χ1n) is 9.28. The summed E-state index contributed by atoms with van der Waals surface area (Å²) in [5, 5.41) is 9.70. The number of hydrogen-bond acceptors (Lipinski definition) is 3. The largest absolute Gasteiger partial charge is 0.493 e. The van der Waals surface area contributed by atoms with Crippen LogP contribution in [0.1, 0.15) is 24.0 Å². The summed E-state index contributed by atoms with van der Waals surface area (Å²) in [5.74, 6) is -0.391. The smallest absolute Gasteiger partial charge is 0.326 e. The summed E-state index contributed by atoms with van der Waals surface area (Å²) < 4.78 is 5.73. The maximum atomic E-state index is 13.1. The van der Waals surface area contributed by atoms with Crippen LogP contribution in [-0.2, 0) is 21.4 Å². The number of hydrogen-bond donors (Lipinski definition) is 1. The van der Waals surface area contributed by atoms with Gasteiger partial charge in [-0.1, -0.05) is 48.5 Å². The summed E-state index contributed by atoms with van der Waals surface area (Å²) in [6.45, 7) is 0.594. The van der Waals surface area contributed by atoms with E-state index in [1.165, 1.54) is 4.90 Å². The van der Waals surface area contributed by atoms with E-state index in [1.54, 1.807) is 7.05 Å². The molecule has 1 saturated carbocycles. The molecule has 1 N–H and O–H groups in total. The summed E-state index contributed by atoms with van der Waals surface area (Å²) in [4.78, 5) is 26.4. The zero-order valence-electron chi connectivity index (χ0n) is 15.3. The SMILES string of the molecule is CN(C(=O)[C@@H]1C[C@]12CCOc1ccccc12)C(Cc1ccccc1)C(=O)O. The second kappa shape index (κ2) is 6.72. The molecule has 140 valence electrons. The molecule has 1 spiro atoms. The molecule has 1 aliphatic carbocycles. The molecule has 2 aromatic carbocycles. The van der Waals surface area contributed by atoms with Crippen LogP contribution in [-0.4, -0.2) is 41.6 Å². The zero-order chi connectivity index (χ0) is 19.0. The summed E-state index contributed by atoms with van der Waals surface area (Å²) in [6, 6.07) is 16.4. The van der Waals surface area contributed by atoms with E-state index in [1.807, 2.05) is 54.6 Å². The highest BCUT2D eigenvalue weighted by atomic mass is 16.5. The lowest BCUT2D eigenvalue weighted by atomic mass is 9.87. The van der Waals surface area contributed by atoms with E-state index in [-0.39, 0.29) is 17.2 Å². The van der Waals surface area contributed by atoms with E-state index in [0.717, 1.165) is 29.7 Å². The average Bonchev–Trinajstić information content (AvgIpc) is 3.40. The minimum Gasteiger partial charge on any atom is -0.493 e. The van der Waals surface area contributed by atoms with Crippen molar-refractivity contribution in [2.45, 2.75) is 30.7 Å². The molecule has 1 unspecified atom stereocenters. The minimum absolute atomic E-state index is 0.0879. The summed E-state index contributed by atoms with van der Waals surface area (Å²) >= 11 is 0. The molecule has 1 aliphatic heterocycles. The molecule has 1 fully saturated rings. The molecule has 0 radical (unpaired) electrons. The van der Waals surface area contributed by atoms with Crippen LogP contribution in [0, 0.1) is 5.92 Å². The van der Waals surface area contributed by atoms with Crippen LogP contribution in [0.5, 0.6) is 5.75 Å². The molecule has 4 rings (SSSR count). The van der Waals surface area contributed by atoms with Crippen molar-refractivity contribution in [2.75, 3.05) is 13.7 Å². The molecular weight excluding hydrogens is 342 g/mol. The number of fused-ring (bicyclic) bond motifs is 2. The summed E-state index contributed by atoms with van der Waals surface area (Å²) in [5.41, 5.74) is 1.79. The minimum atomic E-state index is -0.975. The molecule has 3 atom stereocenters. The lowest BCUT2D eigenvalue weighted by molar-refractivity contribution is -0.149. The highest BCUT2D eigenvalue weighted by molar-refractivity contribution is 5.89. The molecule has 1 heterocycles. The molecule has 0 saturated heterocycles. The number of carboxylic acids is 1. The number of carbonyl (C=O) groups excluding carboxylic acids is 1. The van der Waals surface area contributed by atoms with E-state index in [0.29, 0.717) is 13.0 Å². The summed E-state index contributed by atoms with van der Waals surface area (Å²) in [7, 11) is 1.61. The lowest BCUT2D eigenvalue weighted by Crippen LogP contribution is -2.45. The van der Waals surface area contributed by atoms with Crippen LogP contribution >= 0.6 is 0 Å². The van der Waals surface area contributed by atoms with E-state index >= 15 is 0 Å². The molecule has 0 bridgehead atoms. The van der Waals surface area contributed by atoms with Crippen LogP contribution in [0.15, 0.2) is 54.6 Å². The Morgan fingerprint density at radius 2 is 1.89 bits per heavy atom. The van der Waals surface area contributed by atoms with Gasteiger partial charge in [0.25, 0.3) is 0 Å². The number of ether oxygens (including phenoxy) is 1. The van der Waals surface area contributed by atoms with Gasteiger partial charge in [0.15, 0.2) is 0 Å². The third-order valence-electron chi connectivity index (χ3n) is 5.97. The fourth-order valence-corrected chi connectivity index (χ4v) is 4.31. The Hall–Kier alpha value is -2.82. The van der Waals surface area contributed by atoms with E-state index in [4.69, 9.17) is 4.74 Å². The Bertz CT molecular complexity index is 866. The molecule has 2 aromatic rings. The molecular formula is C22H23NO4. The normalized spacial score (nSPS) is 23.8. The first-order chi connectivity index (χ1) is 13.0. The molecule has 27 heavy (non-hydrogen) atoms. The standard InChI is InChI=1S/C22H23NO4/c1-23(18(21(25)26)13-15-7-3-2-4-8-15)20(24)17-14-22(17)11-12-27-19-10-6-5-9-16(19)22/h2-10,17-18H,11-14H2,1H3,(H,25,26)/t17-,18?,22-/m0/s1. The van der Waals surface area contributed by atoms with Gasteiger partial charge in [-0.2, -0.15) is 0 Å². The van der Waals surface area contributed by atoms with Gasteiger partial charge in [0.05, 0.1) is 6.61 Å². The average molecular weight is 365 g/mol. The van der Waals surface area contributed by atoms with Crippen molar-refractivity contribution < 1.29 is 19.4 Å². The van der Waals surface area contributed by atoms with Crippen molar-refractivity contribution in [3.8, 4) is 5.75 Å². The number of para-hydroxylation sites is 1. The van der Waals surface area contributed by atoms with Crippen molar-refractivity contribution in [3.63, 3.8) is 0 Å². The van der Waals surface area contributed by atoms with Gasteiger partial charge in [-0.3, -0.25) is 4.79 Å². The van der Waals surface area contributed by atoms with Crippen LogP contribution in [0.25, 0.3) is 0 Å². The Labute approximate surface area is 158 Å². The monoisotopic (exact) mass is 365 g/mol. The van der Waals surface area contributed by atoms with Crippen molar-refractivity contribution in [2.24, 2.45) is 5.92 Å². The number of likely N-dealkylation sites (N-methyl/N-ethyl adjacent to an activating group) is 1. The maximum absolute atomic E-state index is 13.1. The number of amides is 1. The predicted molar refractivity (Wildman–Crippen MR) is 101 cm³/mol. The van der Waals surface area contributed by atoms with Crippen molar-refractivity contribution >= 4 is 11.9 Å². The van der Waals surface area contributed by atoms with Gasteiger partial charge < -0.3 is 14.7 Å². The molecule has 5 heteroatoms. The van der Waals surface area contributed by atoms with E-state index < -0.39 is 12.0 Å². The third kappa shape index (κ3) is 3.07. The number of rotatable bonds is 5. The Morgan fingerprint density at radius 3 is 2.63 bits per heavy atom. The van der Waals surface area contributed by atoms with Gasteiger partial charge in [-0.05, 0) is 24.5 Å². The van der Waals surface area contributed by atoms with Crippen LogP contribution in [0.4, 0.5) is 0 Å². The van der Waals surface area contributed by atoms with Gasteiger partial charge in [-0.15, -0.1) is 0 Å². The van der Waals surface area contributed by atoms with Gasteiger partial charge in [0.1, 0.15) is 11.8 Å². The van der Waals surface area contributed by atoms with Crippen LogP contribution < -0.4 is 4.74 Å². The van der Waals surface area contributed by atoms with Gasteiger partial charge in [0, 0.05) is 30.4 Å². The second-order valence-electron chi connectivity index (χ2n) is 7.50. The summed E-state index contributed by atoms with van der Waals surface area (Å²) in [6.07, 6.45) is 1.86. The Balaban J connectivity index is 1.54. The van der Waals surface area contributed by atoms with Crippen molar-refractivity contribution in [3.05, 3.63) is 65.7 Å².